The molecule has 6 rings (SSSR count). The Hall–Kier alpha value is -2.22. The molecule has 2 heterocycles. The fraction of sp³-hybridized carbons (Fsp3) is 0.765. The van der Waals surface area contributed by atoms with Crippen LogP contribution in [-0.4, -0.2) is 28.6 Å². The number of carbonyl (C=O) groups is 1. The average molecular weight is 529 g/mol. The maximum absolute atomic E-state index is 12.7. The normalized spacial score (nSPS) is 46.2. The monoisotopic (exact) mass is 528 g/mol. The Morgan fingerprint density at radius 2 is 1.74 bits per heavy atom. The molecule has 5 nitrogen and oxygen atoms in total. The van der Waals surface area contributed by atoms with Gasteiger partial charge >= 0.3 is 0 Å². The molecular weight excluding hydrogens is 480 g/mol. The Morgan fingerprint density at radius 1 is 0.974 bits per heavy atom. The predicted octanol–water partition coefficient (Wildman–Crippen LogP) is 8.05. The summed E-state index contributed by atoms with van der Waals surface area (Å²) in [6.07, 6.45) is 12.1. The number of anilines is 1. The number of rotatable bonds is 3. The molecule has 0 spiro atoms. The lowest BCUT2D eigenvalue weighted by atomic mass is 9.33. The van der Waals surface area contributed by atoms with Gasteiger partial charge in [0.05, 0.1) is 0 Å². The van der Waals surface area contributed by atoms with Crippen LogP contribution in [-0.2, 0) is 4.79 Å². The summed E-state index contributed by atoms with van der Waals surface area (Å²) < 4.78 is 0. The highest BCUT2D eigenvalue weighted by Crippen LogP contribution is 2.76. The highest BCUT2D eigenvalue weighted by atomic mass is 16.1. The van der Waals surface area contributed by atoms with Crippen molar-refractivity contribution in [2.45, 2.75) is 105 Å². The molecule has 0 N–H and O–H groups in total. The molecule has 0 unspecified atom stereocenters. The van der Waals surface area contributed by atoms with Gasteiger partial charge in [0.1, 0.15) is 6.29 Å². The minimum Gasteiger partial charge on any atom is -0.359 e. The minimum absolute atomic E-state index is 0.0316. The van der Waals surface area contributed by atoms with Crippen LogP contribution < -0.4 is 4.90 Å². The van der Waals surface area contributed by atoms with Crippen molar-refractivity contribution in [3.63, 3.8) is 0 Å². The van der Waals surface area contributed by atoms with E-state index in [1.165, 1.54) is 50.4 Å². The van der Waals surface area contributed by atoms with Crippen LogP contribution in [0.5, 0.6) is 0 Å². The molecule has 1 aromatic rings. The number of hydrogen-bond donors (Lipinski definition) is 0. The summed E-state index contributed by atoms with van der Waals surface area (Å²) in [5, 5.41) is 8.65. The number of allylic oxidation sites excluding steroid dienone is 1. The zero-order valence-corrected chi connectivity index (χ0v) is 25.1. The van der Waals surface area contributed by atoms with Crippen molar-refractivity contribution in [1.82, 2.24) is 10.2 Å². The van der Waals surface area contributed by atoms with E-state index in [1.807, 2.05) is 12.1 Å². The Bertz CT molecular complexity index is 1220. The summed E-state index contributed by atoms with van der Waals surface area (Å²) in [7, 11) is 0. The summed E-state index contributed by atoms with van der Waals surface area (Å²) in [5.41, 5.74) is 1.98. The van der Waals surface area contributed by atoms with Gasteiger partial charge in [0.2, 0.25) is 0 Å². The Labute approximate surface area is 236 Å². The van der Waals surface area contributed by atoms with Gasteiger partial charge in [-0.3, -0.25) is 0 Å². The highest BCUT2D eigenvalue weighted by molar-refractivity contribution is 5.62. The van der Waals surface area contributed by atoms with E-state index in [-0.39, 0.29) is 27.2 Å². The van der Waals surface area contributed by atoms with Crippen molar-refractivity contribution < 1.29 is 4.79 Å². The molecule has 210 valence electrons. The number of hydrogen-bond acceptors (Lipinski definition) is 4. The molecule has 5 aliphatic rings. The van der Waals surface area contributed by atoms with Crippen LogP contribution >= 0.6 is 0 Å². The van der Waals surface area contributed by atoms with Crippen molar-refractivity contribution in [2.24, 2.45) is 51.2 Å². The van der Waals surface area contributed by atoms with E-state index in [1.54, 1.807) is 0 Å². The first-order chi connectivity index (χ1) is 18.4. The first kappa shape index (κ1) is 27.0. The predicted molar refractivity (Wildman–Crippen MR) is 156 cm³/mol. The molecule has 1 aliphatic heterocycles. The van der Waals surface area contributed by atoms with E-state index < -0.39 is 0 Å². The largest absolute Gasteiger partial charge is 0.359 e. The van der Waals surface area contributed by atoms with Crippen LogP contribution in [0.4, 0.5) is 11.6 Å². The molecule has 0 aromatic carbocycles. The van der Waals surface area contributed by atoms with Crippen molar-refractivity contribution in [3.8, 4) is 0 Å². The second-order valence-corrected chi connectivity index (χ2v) is 15.5. The lowest BCUT2D eigenvalue weighted by Gasteiger charge is -2.73. The average Bonchev–Trinajstić information content (AvgIpc) is 3.29. The van der Waals surface area contributed by atoms with Crippen LogP contribution in [0.25, 0.3) is 4.85 Å². The third-order valence-electron chi connectivity index (χ3n) is 14.1. The SMILES string of the molecule is [C-]#[N+]c1ccc(N2CC[C@]3(C)[C@H]4CC[C@@H]5[C@H]6[C@H](C(=C)C)CC[C@]6(C=O)CC[C@@]5(C)[C@]4(C)CC[C@H]3C2(C)C)nn1. The number of piperidine rings is 1. The Balaban J connectivity index is 1.34. The second-order valence-electron chi connectivity index (χ2n) is 15.5. The zero-order chi connectivity index (χ0) is 28.0. The third kappa shape index (κ3) is 3.39. The zero-order valence-electron chi connectivity index (χ0n) is 25.1. The van der Waals surface area contributed by atoms with Gasteiger partial charge in [-0.05, 0) is 147 Å². The van der Waals surface area contributed by atoms with E-state index in [4.69, 9.17) is 6.57 Å². The maximum Gasteiger partial charge on any atom is 0.296 e. The van der Waals surface area contributed by atoms with Crippen LogP contribution in [0.1, 0.15) is 99.3 Å². The molecule has 0 amide bonds. The molecule has 0 bridgehead atoms. The van der Waals surface area contributed by atoms with E-state index in [0.29, 0.717) is 35.4 Å². The molecule has 4 saturated carbocycles. The standard InChI is InChI=1S/C34H48N4O/c1-22(2)23-13-16-34(21-39)18-17-32(6)24(29(23)34)9-10-26-31(5)19-20-38(28-12-11-27(35-8)36-37-28)30(3,4)25(31)14-15-33(26,32)7/h11-12,21,23-26,29H,1,9-10,13-20H2,2-7H3/t23-,24+,25-,26+,29+,31-,32+,33+,34+/m0/s1. The lowest BCUT2D eigenvalue weighted by Crippen LogP contribution is -2.69. The maximum atomic E-state index is 12.7. The fourth-order valence-electron chi connectivity index (χ4n) is 12.0. The van der Waals surface area contributed by atoms with Crippen molar-refractivity contribution in [1.29, 1.82) is 0 Å². The smallest absolute Gasteiger partial charge is 0.296 e. The molecular formula is C34H48N4O. The number of aldehydes is 1. The minimum atomic E-state index is -0.116. The molecule has 5 fully saturated rings. The molecule has 39 heavy (non-hydrogen) atoms. The van der Waals surface area contributed by atoms with E-state index in [9.17, 15) is 4.79 Å². The first-order valence-corrected chi connectivity index (χ1v) is 15.5. The number of fused-ring (bicyclic) bond motifs is 7. The van der Waals surface area contributed by atoms with Gasteiger partial charge in [-0.1, -0.05) is 39.5 Å². The van der Waals surface area contributed by atoms with Gasteiger partial charge in [0.15, 0.2) is 5.82 Å². The molecule has 1 aromatic heterocycles. The van der Waals surface area contributed by atoms with Gasteiger partial charge in [0.25, 0.3) is 5.82 Å². The van der Waals surface area contributed by atoms with Crippen LogP contribution in [0.3, 0.4) is 0 Å². The van der Waals surface area contributed by atoms with E-state index in [0.717, 1.165) is 31.6 Å². The van der Waals surface area contributed by atoms with Crippen LogP contribution in [0, 0.1) is 57.8 Å². The first-order valence-electron chi connectivity index (χ1n) is 15.5. The summed E-state index contributed by atoms with van der Waals surface area (Å²) >= 11 is 0. The quantitative estimate of drug-likeness (QED) is 0.226. The molecule has 5 heteroatoms. The van der Waals surface area contributed by atoms with Crippen molar-refractivity contribution >= 4 is 17.9 Å². The summed E-state index contributed by atoms with van der Waals surface area (Å²) in [6.45, 7) is 27.6. The van der Waals surface area contributed by atoms with Crippen LogP contribution in [0.15, 0.2) is 24.3 Å². The summed E-state index contributed by atoms with van der Waals surface area (Å²) in [4.78, 5) is 18.6. The Kier molecular flexibility index (Phi) is 5.98. The second kappa shape index (κ2) is 8.64. The summed E-state index contributed by atoms with van der Waals surface area (Å²) in [5.74, 6) is 4.13. The molecule has 0 radical (unpaired) electrons. The van der Waals surface area contributed by atoms with E-state index >= 15 is 0 Å². The third-order valence-corrected chi connectivity index (χ3v) is 14.1. The van der Waals surface area contributed by atoms with Crippen molar-refractivity contribution in [3.05, 3.63) is 35.7 Å². The number of aromatic nitrogens is 2. The number of carbonyl (C=O) groups excluding carboxylic acids is 1. The molecule has 4 aliphatic carbocycles. The molecule has 9 atom stereocenters. The molecule has 1 saturated heterocycles. The lowest BCUT2D eigenvalue weighted by molar-refractivity contribution is -0.225. The topological polar surface area (TPSA) is 50.5 Å². The van der Waals surface area contributed by atoms with Gasteiger partial charge in [-0.15, -0.1) is 0 Å². The van der Waals surface area contributed by atoms with Crippen molar-refractivity contribution in [2.75, 3.05) is 11.4 Å². The van der Waals surface area contributed by atoms with E-state index in [2.05, 4.69) is 68.1 Å². The van der Waals surface area contributed by atoms with Gasteiger partial charge < -0.3 is 14.5 Å². The Morgan fingerprint density at radius 3 is 2.38 bits per heavy atom. The summed E-state index contributed by atoms with van der Waals surface area (Å²) in [6, 6.07) is 3.80. The van der Waals surface area contributed by atoms with Crippen LogP contribution in [0.2, 0.25) is 0 Å². The van der Waals surface area contributed by atoms with Gasteiger partial charge in [-0.2, -0.15) is 0 Å². The number of nitrogens with zero attached hydrogens (tertiary/aromatic N) is 4. The van der Waals surface area contributed by atoms with Gasteiger partial charge in [0, 0.05) is 17.5 Å². The highest BCUT2D eigenvalue weighted by Gasteiger charge is 2.70. The van der Waals surface area contributed by atoms with Gasteiger partial charge in [-0.25, -0.2) is 0 Å². The fourth-order valence-corrected chi connectivity index (χ4v) is 12.0.